The van der Waals surface area contributed by atoms with Crippen LogP contribution in [-0.4, -0.2) is 33.7 Å². The first-order valence-corrected chi connectivity index (χ1v) is 7.60. The number of methoxy groups -OCH3 is 1. The standard InChI is InChI=1S/C12H16N2O5S/c1-19-11(16)7-10(15)14-9-5-3-8(4-6-9)12(13)20(2,17)18/h3-6,12H,7,13H2,1-2H3,(H,14,15). The predicted molar refractivity (Wildman–Crippen MR) is 73.5 cm³/mol. The zero-order valence-corrected chi connectivity index (χ0v) is 11.9. The zero-order chi connectivity index (χ0) is 15.3. The maximum atomic E-state index is 11.4. The summed E-state index contributed by atoms with van der Waals surface area (Å²) in [6.07, 6.45) is 0.658. The SMILES string of the molecule is COC(=O)CC(=O)Nc1ccc(C(N)S(C)(=O)=O)cc1. The lowest BCUT2D eigenvalue weighted by Gasteiger charge is -2.11. The molecule has 1 rings (SSSR count). The molecule has 1 amide bonds. The summed E-state index contributed by atoms with van der Waals surface area (Å²) in [6, 6.07) is 6.02. The molecule has 1 unspecified atom stereocenters. The maximum Gasteiger partial charge on any atom is 0.315 e. The number of carbonyl (C=O) groups excluding carboxylic acids is 2. The Morgan fingerprint density at radius 2 is 1.85 bits per heavy atom. The van der Waals surface area contributed by atoms with Crippen molar-refractivity contribution in [2.75, 3.05) is 18.7 Å². The minimum atomic E-state index is -3.38. The second-order valence-corrected chi connectivity index (χ2v) is 6.34. The van der Waals surface area contributed by atoms with E-state index in [0.29, 0.717) is 11.3 Å². The van der Waals surface area contributed by atoms with Gasteiger partial charge in [-0.1, -0.05) is 12.1 Å². The minimum Gasteiger partial charge on any atom is -0.469 e. The molecule has 3 N–H and O–H groups in total. The number of anilines is 1. The van der Waals surface area contributed by atoms with E-state index in [1.807, 2.05) is 0 Å². The third-order valence-electron chi connectivity index (χ3n) is 2.52. The van der Waals surface area contributed by atoms with Crippen molar-refractivity contribution in [3.8, 4) is 0 Å². The van der Waals surface area contributed by atoms with E-state index >= 15 is 0 Å². The second kappa shape index (κ2) is 6.49. The lowest BCUT2D eigenvalue weighted by atomic mass is 10.2. The molecule has 8 heteroatoms. The Kier molecular flexibility index (Phi) is 5.23. The van der Waals surface area contributed by atoms with Crippen molar-refractivity contribution < 1.29 is 22.7 Å². The molecule has 1 atom stereocenters. The van der Waals surface area contributed by atoms with Crippen molar-refractivity contribution in [1.82, 2.24) is 0 Å². The molecule has 1 aromatic rings. The molecular weight excluding hydrogens is 284 g/mol. The Labute approximate surface area is 117 Å². The van der Waals surface area contributed by atoms with Crippen molar-refractivity contribution in [3.63, 3.8) is 0 Å². The third-order valence-corrected chi connectivity index (χ3v) is 3.71. The number of amides is 1. The molecule has 0 saturated carbocycles. The van der Waals surface area contributed by atoms with Crippen LogP contribution in [0.15, 0.2) is 24.3 Å². The summed E-state index contributed by atoms with van der Waals surface area (Å²) in [4.78, 5) is 22.3. The molecule has 20 heavy (non-hydrogen) atoms. The van der Waals surface area contributed by atoms with Crippen LogP contribution in [0.1, 0.15) is 17.4 Å². The molecule has 0 heterocycles. The van der Waals surface area contributed by atoms with Crippen LogP contribution >= 0.6 is 0 Å². The largest absolute Gasteiger partial charge is 0.469 e. The number of benzene rings is 1. The van der Waals surface area contributed by atoms with Gasteiger partial charge < -0.3 is 15.8 Å². The van der Waals surface area contributed by atoms with E-state index in [1.165, 1.54) is 31.4 Å². The van der Waals surface area contributed by atoms with Gasteiger partial charge in [-0.05, 0) is 17.7 Å². The first-order chi connectivity index (χ1) is 9.24. The highest BCUT2D eigenvalue weighted by molar-refractivity contribution is 7.90. The smallest absolute Gasteiger partial charge is 0.315 e. The second-order valence-electron chi connectivity index (χ2n) is 4.17. The molecule has 0 radical (unpaired) electrons. The third kappa shape index (κ3) is 4.63. The lowest BCUT2D eigenvalue weighted by Crippen LogP contribution is -2.20. The summed E-state index contributed by atoms with van der Waals surface area (Å²) in [5.74, 6) is -1.16. The Balaban J connectivity index is 2.73. The fourth-order valence-corrected chi connectivity index (χ4v) is 2.06. The van der Waals surface area contributed by atoms with Crippen molar-refractivity contribution in [3.05, 3.63) is 29.8 Å². The molecule has 7 nitrogen and oxygen atoms in total. The van der Waals surface area contributed by atoms with Crippen LogP contribution in [0.4, 0.5) is 5.69 Å². The normalized spacial score (nSPS) is 12.6. The highest BCUT2D eigenvalue weighted by Gasteiger charge is 2.17. The molecule has 0 aliphatic carbocycles. The predicted octanol–water partition coefficient (Wildman–Crippen LogP) is 0.190. The minimum absolute atomic E-state index is 0.388. The van der Waals surface area contributed by atoms with Crippen LogP contribution in [0.2, 0.25) is 0 Å². The van der Waals surface area contributed by atoms with Crippen LogP contribution in [0.3, 0.4) is 0 Å². The van der Waals surface area contributed by atoms with E-state index < -0.39 is 27.1 Å². The van der Waals surface area contributed by atoms with Gasteiger partial charge in [0.25, 0.3) is 0 Å². The molecule has 0 fully saturated rings. The van der Waals surface area contributed by atoms with Gasteiger partial charge in [0, 0.05) is 11.9 Å². The lowest BCUT2D eigenvalue weighted by molar-refractivity contribution is -0.142. The van der Waals surface area contributed by atoms with E-state index in [0.717, 1.165) is 6.26 Å². The first-order valence-electron chi connectivity index (χ1n) is 5.65. The molecule has 1 aromatic carbocycles. The molecule has 0 spiro atoms. The van der Waals surface area contributed by atoms with E-state index in [4.69, 9.17) is 5.73 Å². The van der Waals surface area contributed by atoms with Gasteiger partial charge in [0.1, 0.15) is 11.8 Å². The van der Waals surface area contributed by atoms with E-state index in [2.05, 4.69) is 10.1 Å². The number of carbonyl (C=O) groups is 2. The summed E-state index contributed by atoms with van der Waals surface area (Å²) in [5, 5.41) is 1.37. The number of nitrogens with two attached hydrogens (primary N) is 1. The molecule has 110 valence electrons. The fourth-order valence-electron chi connectivity index (χ4n) is 1.41. The van der Waals surface area contributed by atoms with Crippen molar-refractivity contribution >= 4 is 27.4 Å². The van der Waals surface area contributed by atoms with E-state index in [-0.39, 0.29) is 6.42 Å². The fraction of sp³-hybridized carbons (Fsp3) is 0.333. The van der Waals surface area contributed by atoms with Crippen LogP contribution in [0.25, 0.3) is 0 Å². The van der Waals surface area contributed by atoms with Gasteiger partial charge in [0.2, 0.25) is 5.91 Å². The van der Waals surface area contributed by atoms with Gasteiger partial charge in [-0.2, -0.15) is 0 Å². The van der Waals surface area contributed by atoms with Gasteiger partial charge in [-0.3, -0.25) is 9.59 Å². The van der Waals surface area contributed by atoms with E-state index in [9.17, 15) is 18.0 Å². The average Bonchev–Trinajstić information content (AvgIpc) is 2.37. The zero-order valence-electron chi connectivity index (χ0n) is 11.1. The molecule has 0 aliphatic heterocycles. The van der Waals surface area contributed by atoms with Gasteiger partial charge in [-0.15, -0.1) is 0 Å². The summed E-state index contributed by atoms with van der Waals surface area (Å²) in [6.45, 7) is 0. The molecule has 0 aromatic heterocycles. The molecule has 0 bridgehead atoms. The Morgan fingerprint density at radius 3 is 2.30 bits per heavy atom. The number of esters is 1. The summed E-state index contributed by atoms with van der Waals surface area (Å²) in [7, 11) is -2.19. The van der Waals surface area contributed by atoms with Crippen molar-refractivity contribution in [2.24, 2.45) is 5.73 Å². The van der Waals surface area contributed by atoms with Gasteiger partial charge in [0.15, 0.2) is 9.84 Å². The molecule has 0 saturated heterocycles. The molecular formula is C12H16N2O5S. The van der Waals surface area contributed by atoms with Crippen LogP contribution in [-0.2, 0) is 24.2 Å². The summed E-state index contributed by atoms with van der Waals surface area (Å²) >= 11 is 0. The Morgan fingerprint density at radius 1 is 1.30 bits per heavy atom. The van der Waals surface area contributed by atoms with Crippen molar-refractivity contribution in [1.29, 1.82) is 0 Å². The Bertz CT molecular complexity index is 595. The van der Waals surface area contributed by atoms with Gasteiger partial charge >= 0.3 is 5.97 Å². The maximum absolute atomic E-state index is 11.4. The highest BCUT2D eigenvalue weighted by atomic mass is 32.2. The highest BCUT2D eigenvalue weighted by Crippen LogP contribution is 2.18. The number of hydrogen-bond donors (Lipinski definition) is 2. The van der Waals surface area contributed by atoms with Crippen LogP contribution in [0, 0.1) is 0 Å². The number of hydrogen-bond acceptors (Lipinski definition) is 6. The number of sulfone groups is 1. The van der Waals surface area contributed by atoms with Crippen LogP contribution in [0.5, 0.6) is 0 Å². The number of ether oxygens (including phenoxy) is 1. The number of rotatable bonds is 5. The average molecular weight is 300 g/mol. The first kappa shape index (κ1) is 16.1. The summed E-state index contributed by atoms with van der Waals surface area (Å²) < 4.78 is 27.0. The summed E-state index contributed by atoms with van der Waals surface area (Å²) in [5.41, 5.74) is 6.42. The van der Waals surface area contributed by atoms with E-state index in [1.54, 1.807) is 0 Å². The topological polar surface area (TPSA) is 116 Å². The van der Waals surface area contributed by atoms with Gasteiger partial charge in [0.05, 0.1) is 7.11 Å². The quantitative estimate of drug-likeness (QED) is 0.592. The van der Waals surface area contributed by atoms with Crippen molar-refractivity contribution in [2.45, 2.75) is 11.8 Å². The van der Waals surface area contributed by atoms with Gasteiger partial charge in [-0.25, -0.2) is 8.42 Å². The molecule has 0 aliphatic rings. The number of nitrogens with one attached hydrogen (secondary N) is 1. The Hall–Kier alpha value is -1.93. The monoisotopic (exact) mass is 300 g/mol. The van der Waals surface area contributed by atoms with Crippen LogP contribution < -0.4 is 11.1 Å².